The Morgan fingerprint density at radius 2 is 1.76 bits per heavy atom. The molecule has 0 bridgehead atoms. The third-order valence-corrected chi connectivity index (χ3v) is 6.00. The summed E-state index contributed by atoms with van der Waals surface area (Å²) in [6.07, 6.45) is -2.64. The van der Waals surface area contributed by atoms with Crippen molar-refractivity contribution in [1.29, 1.82) is 0 Å². The van der Waals surface area contributed by atoms with Crippen LogP contribution >= 0.6 is 0 Å². The molecule has 4 rings (SSSR count). The molecule has 0 saturated carbocycles. The van der Waals surface area contributed by atoms with E-state index in [1.165, 1.54) is 12.1 Å². The zero-order valence-corrected chi connectivity index (χ0v) is 18.8. The van der Waals surface area contributed by atoms with Crippen LogP contribution in [0.1, 0.15) is 40.0 Å². The predicted molar refractivity (Wildman–Crippen MR) is 125 cm³/mol. The predicted octanol–water partition coefficient (Wildman–Crippen LogP) is 5.43. The van der Waals surface area contributed by atoms with Crippen molar-refractivity contribution in [3.8, 4) is 0 Å². The summed E-state index contributed by atoms with van der Waals surface area (Å²) in [5.41, 5.74) is 3.09. The van der Waals surface area contributed by atoms with Crippen molar-refractivity contribution < 1.29 is 23.1 Å². The fourth-order valence-electron chi connectivity index (χ4n) is 4.05. The molecule has 1 aliphatic rings. The number of benzene rings is 2. The van der Waals surface area contributed by atoms with E-state index >= 15 is 0 Å². The molecule has 0 spiro atoms. The molecular weight excluding hydrogens is 445 g/mol. The minimum absolute atomic E-state index is 0.151. The van der Waals surface area contributed by atoms with Crippen molar-refractivity contribution >= 4 is 23.2 Å². The standard InChI is InChI=1S/C25H25F3N4O2/c1-16(18-5-7-19(8-6-18)24(33)34)30-23-22-21(11-12-29-23)31(2)13-14-32(22)15-17-3-9-20(10-4-17)25(26,27)28/h3-12,16H,13-15H2,1-2H3,(H,29,30)(H,33,34). The van der Waals surface area contributed by atoms with Crippen LogP contribution in [0.5, 0.6) is 0 Å². The van der Waals surface area contributed by atoms with Gasteiger partial charge in [0, 0.05) is 32.9 Å². The summed E-state index contributed by atoms with van der Waals surface area (Å²) in [5.74, 6) is -0.321. The van der Waals surface area contributed by atoms with Gasteiger partial charge in [0.15, 0.2) is 5.82 Å². The van der Waals surface area contributed by atoms with Crippen LogP contribution < -0.4 is 15.1 Å². The first-order valence-corrected chi connectivity index (χ1v) is 10.8. The van der Waals surface area contributed by atoms with Gasteiger partial charge >= 0.3 is 12.1 Å². The molecule has 34 heavy (non-hydrogen) atoms. The Balaban J connectivity index is 1.60. The molecule has 2 N–H and O–H groups in total. The fourth-order valence-corrected chi connectivity index (χ4v) is 4.05. The fraction of sp³-hybridized carbons (Fsp3) is 0.280. The maximum absolute atomic E-state index is 12.9. The molecule has 0 saturated heterocycles. The van der Waals surface area contributed by atoms with Crippen LogP contribution in [0.25, 0.3) is 0 Å². The molecule has 2 aromatic carbocycles. The van der Waals surface area contributed by atoms with E-state index in [0.29, 0.717) is 18.9 Å². The van der Waals surface area contributed by atoms with E-state index in [9.17, 15) is 18.0 Å². The van der Waals surface area contributed by atoms with Crippen LogP contribution in [-0.4, -0.2) is 36.2 Å². The Morgan fingerprint density at radius 1 is 1.09 bits per heavy atom. The highest BCUT2D eigenvalue weighted by Crippen LogP contribution is 2.39. The number of aromatic carboxylic acids is 1. The second kappa shape index (κ2) is 9.24. The van der Waals surface area contributed by atoms with Crippen molar-refractivity contribution in [3.05, 3.63) is 83.0 Å². The number of likely N-dealkylation sites (N-methyl/N-ethyl adjacent to an activating group) is 1. The normalized spacial score (nSPS) is 14.5. The largest absolute Gasteiger partial charge is 0.478 e. The number of fused-ring (bicyclic) bond motifs is 1. The summed E-state index contributed by atoms with van der Waals surface area (Å²) >= 11 is 0. The highest BCUT2D eigenvalue weighted by molar-refractivity contribution is 5.87. The van der Waals surface area contributed by atoms with E-state index in [1.54, 1.807) is 30.5 Å². The molecular formula is C25H25F3N4O2. The molecule has 2 heterocycles. The Hall–Kier alpha value is -3.75. The number of nitrogens with one attached hydrogen (secondary N) is 1. The lowest BCUT2D eigenvalue weighted by Gasteiger charge is -2.38. The minimum Gasteiger partial charge on any atom is -0.478 e. The molecule has 1 aromatic heterocycles. The van der Waals surface area contributed by atoms with Gasteiger partial charge in [0.1, 0.15) is 5.69 Å². The zero-order chi connectivity index (χ0) is 24.5. The van der Waals surface area contributed by atoms with E-state index in [1.807, 2.05) is 20.0 Å². The van der Waals surface area contributed by atoms with Crippen molar-refractivity contribution in [3.63, 3.8) is 0 Å². The van der Waals surface area contributed by atoms with Crippen molar-refractivity contribution in [1.82, 2.24) is 4.98 Å². The third-order valence-electron chi connectivity index (χ3n) is 6.00. The molecule has 0 fully saturated rings. The molecule has 9 heteroatoms. The van der Waals surface area contributed by atoms with Crippen LogP contribution in [0.2, 0.25) is 0 Å². The topological polar surface area (TPSA) is 68.7 Å². The molecule has 0 aliphatic carbocycles. The maximum Gasteiger partial charge on any atom is 0.416 e. The van der Waals surface area contributed by atoms with Crippen LogP contribution in [0, 0.1) is 0 Å². The molecule has 6 nitrogen and oxygen atoms in total. The Kier molecular flexibility index (Phi) is 6.37. The number of hydrogen-bond acceptors (Lipinski definition) is 5. The Bertz CT molecular complexity index is 1160. The first-order chi connectivity index (χ1) is 16.1. The summed E-state index contributed by atoms with van der Waals surface area (Å²) in [4.78, 5) is 19.9. The SMILES string of the molecule is CC(Nc1nccc2c1N(Cc1ccc(C(F)(F)F)cc1)CCN2C)c1ccc(C(=O)O)cc1. The average Bonchev–Trinajstić information content (AvgIpc) is 2.81. The smallest absolute Gasteiger partial charge is 0.416 e. The van der Waals surface area contributed by atoms with Gasteiger partial charge in [-0.15, -0.1) is 0 Å². The number of carbonyl (C=O) groups is 1. The van der Waals surface area contributed by atoms with Crippen molar-refractivity contribution in [2.45, 2.75) is 25.7 Å². The number of nitrogens with zero attached hydrogens (tertiary/aromatic N) is 3. The van der Waals surface area contributed by atoms with E-state index in [0.717, 1.165) is 41.2 Å². The number of aromatic nitrogens is 1. The first-order valence-electron chi connectivity index (χ1n) is 10.8. The summed E-state index contributed by atoms with van der Waals surface area (Å²) in [6, 6.07) is 13.7. The van der Waals surface area contributed by atoms with Gasteiger partial charge in [-0.25, -0.2) is 9.78 Å². The Labute approximate surface area is 195 Å². The second-order valence-corrected chi connectivity index (χ2v) is 8.36. The number of carboxylic acid groups (broad SMARTS) is 1. The monoisotopic (exact) mass is 470 g/mol. The maximum atomic E-state index is 12.9. The number of carboxylic acids is 1. The van der Waals surface area contributed by atoms with E-state index < -0.39 is 17.7 Å². The summed E-state index contributed by atoms with van der Waals surface area (Å²) in [5, 5.41) is 12.5. The number of alkyl halides is 3. The van der Waals surface area contributed by atoms with Gasteiger partial charge < -0.3 is 20.2 Å². The lowest BCUT2D eigenvalue weighted by molar-refractivity contribution is -0.137. The molecule has 1 aliphatic heterocycles. The molecule has 0 amide bonds. The molecule has 3 aromatic rings. The molecule has 178 valence electrons. The highest BCUT2D eigenvalue weighted by Gasteiger charge is 2.30. The van der Waals surface area contributed by atoms with Crippen molar-refractivity contribution in [2.75, 3.05) is 35.3 Å². The van der Waals surface area contributed by atoms with Crippen LogP contribution in [0.3, 0.4) is 0 Å². The van der Waals surface area contributed by atoms with Gasteiger partial charge in [-0.3, -0.25) is 0 Å². The summed E-state index contributed by atoms with van der Waals surface area (Å²) in [6.45, 7) is 3.86. The van der Waals surface area contributed by atoms with Gasteiger partial charge in [0.2, 0.25) is 0 Å². The van der Waals surface area contributed by atoms with Crippen molar-refractivity contribution in [2.24, 2.45) is 0 Å². The summed E-state index contributed by atoms with van der Waals surface area (Å²) in [7, 11) is 1.99. The highest BCUT2D eigenvalue weighted by atomic mass is 19.4. The summed E-state index contributed by atoms with van der Waals surface area (Å²) < 4.78 is 38.8. The van der Waals surface area contributed by atoms with Gasteiger partial charge in [0.05, 0.1) is 22.9 Å². The van der Waals surface area contributed by atoms with Crippen LogP contribution in [0.4, 0.5) is 30.4 Å². The molecule has 0 radical (unpaired) electrons. The number of anilines is 3. The molecule has 1 atom stereocenters. The van der Waals surface area contributed by atoms with Crippen LogP contribution in [-0.2, 0) is 12.7 Å². The zero-order valence-electron chi connectivity index (χ0n) is 18.8. The third kappa shape index (κ3) is 4.93. The lowest BCUT2D eigenvalue weighted by Crippen LogP contribution is -2.39. The minimum atomic E-state index is -4.36. The van der Waals surface area contributed by atoms with Gasteiger partial charge in [-0.1, -0.05) is 24.3 Å². The average molecular weight is 470 g/mol. The number of halogens is 3. The quantitative estimate of drug-likeness (QED) is 0.501. The van der Waals surface area contributed by atoms with E-state index in [-0.39, 0.29) is 11.6 Å². The number of pyridine rings is 1. The van der Waals surface area contributed by atoms with Crippen LogP contribution in [0.15, 0.2) is 60.8 Å². The Morgan fingerprint density at radius 3 is 2.38 bits per heavy atom. The second-order valence-electron chi connectivity index (χ2n) is 8.36. The van der Waals surface area contributed by atoms with Gasteiger partial charge in [0.25, 0.3) is 0 Å². The lowest BCUT2D eigenvalue weighted by atomic mass is 10.1. The van der Waals surface area contributed by atoms with E-state index in [4.69, 9.17) is 5.11 Å². The van der Waals surface area contributed by atoms with Gasteiger partial charge in [-0.05, 0) is 48.4 Å². The first kappa shape index (κ1) is 23.4. The molecule has 1 unspecified atom stereocenters. The van der Waals surface area contributed by atoms with E-state index in [2.05, 4.69) is 20.1 Å². The number of hydrogen-bond donors (Lipinski definition) is 2. The number of rotatable bonds is 6. The van der Waals surface area contributed by atoms with Gasteiger partial charge in [-0.2, -0.15) is 13.2 Å².